The fourth-order valence-electron chi connectivity index (χ4n) is 2.55. The molecule has 4 heteroatoms. The molecule has 0 unspecified atom stereocenters. The van der Waals surface area contributed by atoms with E-state index in [1.807, 2.05) is 30.6 Å². The lowest BCUT2D eigenvalue weighted by Crippen LogP contribution is -2.42. The molecule has 3 heterocycles. The molecule has 4 nitrogen and oxygen atoms in total. The van der Waals surface area contributed by atoms with E-state index in [9.17, 15) is 0 Å². The lowest BCUT2D eigenvalue weighted by atomic mass is 10.1. The summed E-state index contributed by atoms with van der Waals surface area (Å²) in [5.41, 5.74) is 2.35. The van der Waals surface area contributed by atoms with Gasteiger partial charge >= 0.3 is 0 Å². The molecule has 1 aliphatic rings. The van der Waals surface area contributed by atoms with E-state index in [1.54, 1.807) is 6.20 Å². The van der Waals surface area contributed by atoms with E-state index in [1.165, 1.54) is 5.56 Å². The molecule has 0 saturated carbocycles. The Hall–Kier alpha value is -1.78. The summed E-state index contributed by atoms with van der Waals surface area (Å²) < 4.78 is 5.86. The molecule has 1 fully saturated rings. The number of rotatable bonds is 4. The van der Waals surface area contributed by atoms with Crippen LogP contribution in [0.2, 0.25) is 0 Å². The van der Waals surface area contributed by atoms with E-state index < -0.39 is 0 Å². The van der Waals surface area contributed by atoms with Gasteiger partial charge < -0.3 is 4.74 Å². The molecule has 0 spiro atoms. The van der Waals surface area contributed by atoms with Crippen LogP contribution in [0.15, 0.2) is 48.9 Å². The number of ether oxygens (including phenoxy) is 1. The van der Waals surface area contributed by atoms with Crippen molar-refractivity contribution in [2.24, 2.45) is 0 Å². The fraction of sp³-hybridized carbons (Fsp3) is 0.375. The van der Waals surface area contributed by atoms with Gasteiger partial charge in [0.2, 0.25) is 0 Å². The van der Waals surface area contributed by atoms with Gasteiger partial charge in [-0.1, -0.05) is 12.1 Å². The van der Waals surface area contributed by atoms with Crippen molar-refractivity contribution in [3.8, 4) is 0 Å². The molecule has 1 aliphatic heterocycles. The largest absolute Gasteiger partial charge is 0.375 e. The number of nitrogens with zero attached hydrogens (tertiary/aromatic N) is 3. The highest BCUT2D eigenvalue weighted by Gasteiger charge is 2.21. The van der Waals surface area contributed by atoms with Gasteiger partial charge in [0, 0.05) is 44.6 Å². The molecular formula is C16H19N3O. The number of hydrogen-bond acceptors (Lipinski definition) is 4. The molecule has 0 N–H and O–H groups in total. The molecule has 0 radical (unpaired) electrons. The summed E-state index contributed by atoms with van der Waals surface area (Å²) in [6, 6.07) is 10.1. The molecule has 0 bridgehead atoms. The average molecular weight is 269 g/mol. The zero-order valence-electron chi connectivity index (χ0n) is 11.5. The van der Waals surface area contributed by atoms with Crippen molar-refractivity contribution in [3.05, 3.63) is 60.2 Å². The standard InChI is InChI=1S/C16H19N3O/c1-2-7-18-15(5-1)12-19-8-9-20-16(13-19)10-14-4-3-6-17-11-14/h1-7,11,16H,8-10,12-13H2/t16-/m1/s1. The van der Waals surface area contributed by atoms with Gasteiger partial charge in [0.25, 0.3) is 0 Å². The third-order valence-electron chi connectivity index (χ3n) is 3.52. The molecule has 0 amide bonds. The number of morpholine rings is 1. The van der Waals surface area contributed by atoms with Crippen molar-refractivity contribution in [1.82, 2.24) is 14.9 Å². The Balaban J connectivity index is 1.57. The first-order valence-electron chi connectivity index (χ1n) is 7.03. The Morgan fingerprint density at radius 2 is 2.20 bits per heavy atom. The Kier molecular flexibility index (Phi) is 4.35. The summed E-state index contributed by atoms with van der Waals surface area (Å²) in [5, 5.41) is 0. The maximum absolute atomic E-state index is 5.86. The maximum Gasteiger partial charge on any atom is 0.0743 e. The lowest BCUT2D eigenvalue weighted by Gasteiger charge is -2.32. The minimum Gasteiger partial charge on any atom is -0.375 e. The first-order valence-corrected chi connectivity index (χ1v) is 7.03. The van der Waals surface area contributed by atoms with Crippen LogP contribution in [-0.2, 0) is 17.7 Å². The summed E-state index contributed by atoms with van der Waals surface area (Å²) in [5.74, 6) is 0. The van der Waals surface area contributed by atoms with Gasteiger partial charge in [-0.05, 0) is 23.8 Å². The normalized spacial score (nSPS) is 19.9. The molecule has 0 aromatic carbocycles. The maximum atomic E-state index is 5.86. The van der Waals surface area contributed by atoms with Crippen LogP contribution in [0.4, 0.5) is 0 Å². The Morgan fingerprint density at radius 3 is 3.00 bits per heavy atom. The Labute approximate surface area is 119 Å². The van der Waals surface area contributed by atoms with E-state index in [4.69, 9.17) is 4.74 Å². The van der Waals surface area contributed by atoms with Gasteiger partial charge in [-0.15, -0.1) is 0 Å². The quantitative estimate of drug-likeness (QED) is 0.850. The van der Waals surface area contributed by atoms with Crippen molar-refractivity contribution in [1.29, 1.82) is 0 Å². The van der Waals surface area contributed by atoms with Crippen molar-refractivity contribution in [2.45, 2.75) is 19.1 Å². The van der Waals surface area contributed by atoms with E-state index in [0.29, 0.717) is 0 Å². The van der Waals surface area contributed by atoms with Gasteiger partial charge in [-0.25, -0.2) is 0 Å². The van der Waals surface area contributed by atoms with Gasteiger partial charge in [-0.3, -0.25) is 14.9 Å². The zero-order valence-corrected chi connectivity index (χ0v) is 11.5. The molecular weight excluding hydrogens is 250 g/mol. The van der Waals surface area contributed by atoms with Gasteiger partial charge in [0.05, 0.1) is 18.4 Å². The minimum absolute atomic E-state index is 0.247. The summed E-state index contributed by atoms with van der Waals surface area (Å²) in [6.07, 6.45) is 6.74. The predicted molar refractivity (Wildman–Crippen MR) is 77.2 cm³/mol. The minimum atomic E-state index is 0.247. The lowest BCUT2D eigenvalue weighted by molar-refractivity contribution is -0.0308. The van der Waals surface area contributed by atoms with Gasteiger partial charge in [0.1, 0.15) is 0 Å². The van der Waals surface area contributed by atoms with Crippen LogP contribution in [0, 0.1) is 0 Å². The summed E-state index contributed by atoms with van der Waals surface area (Å²) in [7, 11) is 0. The van der Waals surface area contributed by atoms with Crippen molar-refractivity contribution >= 4 is 0 Å². The first kappa shape index (κ1) is 13.2. The van der Waals surface area contributed by atoms with Crippen LogP contribution in [0.3, 0.4) is 0 Å². The second-order valence-electron chi connectivity index (χ2n) is 5.11. The second kappa shape index (κ2) is 6.59. The SMILES string of the molecule is c1ccc(CN2CCO[C@H](Cc3cccnc3)C2)nc1. The highest BCUT2D eigenvalue weighted by Crippen LogP contribution is 2.13. The molecule has 3 rings (SSSR count). The van der Waals surface area contributed by atoms with Crippen LogP contribution < -0.4 is 0 Å². The van der Waals surface area contributed by atoms with Crippen LogP contribution in [0.1, 0.15) is 11.3 Å². The smallest absolute Gasteiger partial charge is 0.0743 e. The van der Waals surface area contributed by atoms with Gasteiger partial charge in [-0.2, -0.15) is 0 Å². The third kappa shape index (κ3) is 3.62. The Bertz CT molecular complexity index is 470. The van der Waals surface area contributed by atoms with Crippen LogP contribution >= 0.6 is 0 Å². The van der Waals surface area contributed by atoms with Gasteiger partial charge in [0.15, 0.2) is 0 Å². The van der Waals surface area contributed by atoms with Crippen LogP contribution in [0.25, 0.3) is 0 Å². The first-order chi connectivity index (χ1) is 9.90. The van der Waals surface area contributed by atoms with Crippen LogP contribution in [0.5, 0.6) is 0 Å². The summed E-state index contributed by atoms with van der Waals surface area (Å²) >= 11 is 0. The zero-order chi connectivity index (χ0) is 13.6. The molecule has 1 atom stereocenters. The molecule has 2 aromatic heterocycles. The molecule has 104 valence electrons. The van der Waals surface area contributed by atoms with E-state index in [-0.39, 0.29) is 6.10 Å². The second-order valence-corrected chi connectivity index (χ2v) is 5.11. The molecule has 1 saturated heterocycles. The predicted octanol–water partition coefficient (Wildman–Crippen LogP) is 1.92. The summed E-state index contributed by atoms with van der Waals surface area (Å²) in [4.78, 5) is 11.0. The highest BCUT2D eigenvalue weighted by atomic mass is 16.5. The van der Waals surface area contributed by atoms with Crippen molar-refractivity contribution < 1.29 is 4.74 Å². The highest BCUT2D eigenvalue weighted by molar-refractivity contribution is 5.10. The third-order valence-corrected chi connectivity index (χ3v) is 3.52. The summed E-state index contributed by atoms with van der Waals surface area (Å²) in [6.45, 7) is 3.61. The molecule has 20 heavy (non-hydrogen) atoms. The van der Waals surface area contributed by atoms with E-state index in [2.05, 4.69) is 27.0 Å². The number of pyridine rings is 2. The van der Waals surface area contributed by atoms with E-state index >= 15 is 0 Å². The average Bonchev–Trinajstić information content (AvgIpc) is 2.50. The fourth-order valence-corrected chi connectivity index (χ4v) is 2.55. The monoisotopic (exact) mass is 269 g/mol. The number of hydrogen-bond donors (Lipinski definition) is 0. The molecule has 2 aromatic rings. The van der Waals surface area contributed by atoms with Crippen molar-refractivity contribution in [3.63, 3.8) is 0 Å². The van der Waals surface area contributed by atoms with E-state index in [0.717, 1.165) is 38.4 Å². The topological polar surface area (TPSA) is 38.2 Å². The van der Waals surface area contributed by atoms with Crippen molar-refractivity contribution in [2.75, 3.05) is 19.7 Å². The Morgan fingerprint density at radius 1 is 1.20 bits per heavy atom. The number of aromatic nitrogens is 2. The van der Waals surface area contributed by atoms with Crippen LogP contribution in [-0.4, -0.2) is 40.7 Å². The molecule has 0 aliphatic carbocycles.